The maximum Gasteiger partial charge on any atom is 0.253 e. The highest BCUT2D eigenvalue weighted by Crippen LogP contribution is 2.45. The van der Waals surface area contributed by atoms with Crippen molar-refractivity contribution < 1.29 is 22.7 Å². The highest BCUT2D eigenvalue weighted by molar-refractivity contribution is 7.99. The van der Waals surface area contributed by atoms with Gasteiger partial charge in [-0.15, -0.1) is 10.2 Å². The number of hydrogen-bond donors (Lipinski definition) is 0. The van der Waals surface area contributed by atoms with Crippen molar-refractivity contribution in [3.8, 4) is 22.9 Å². The fourth-order valence-corrected chi connectivity index (χ4v) is 9.76. The van der Waals surface area contributed by atoms with Gasteiger partial charge in [-0.05, 0) is 84.0 Å². The molecule has 2 aliphatic rings. The lowest BCUT2D eigenvalue weighted by Gasteiger charge is -2.29. The molecule has 11 nitrogen and oxygen atoms in total. The van der Waals surface area contributed by atoms with Crippen LogP contribution in [0.1, 0.15) is 55.8 Å². The summed E-state index contributed by atoms with van der Waals surface area (Å²) >= 11 is 1.30. The van der Waals surface area contributed by atoms with E-state index in [0.717, 1.165) is 58.7 Å². The Kier molecular flexibility index (Phi) is 12.0. The number of allylic oxidation sites excluding steroid dienone is 1. The van der Waals surface area contributed by atoms with Crippen molar-refractivity contribution in [1.82, 2.24) is 24.1 Å². The first kappa shape index (κ1) is 39.0. The minimum absolute atomic E-state index is 0.0313. The van der Waals surface area contributed by atoms with Gasteiger partial charge in [0.2, 0.25) is 10.0 Å². The molecule has 1 fully saturated rings. The largest absolute Gasteiger partial charge is 0.497 e. The molecule has 4 aromatic carbocycles. The van der Waals surface area contributed by atoms with Gasteiger partial charge in [0.1, 0.15) is 11.5 Å². The predicted octanol–water partition coefficient (Wildman–Crippen LogP) is 7.96. The van der Waals surface area contributed by atoms with Gasteiger partial charge in [-0.1, -0.05) is 92.3 Å². The van der Waals surface area contributed by atoms with Crippen LogP contribution < -0.4 is 9.47 Å². The summed E-state index contributed by atoms with van der Waals surface area (Å²) < 4.78 is 41.1. The summed E-state index contributed by atoms with van der Waals surface area (Å²) in [6, 6.07) is 32.3. The number of rotatable bonds is 14. The molecule has 5 aromatic rings. The summed E-state index contributed by atoms with van der Waals surface area (Å²) in [6.07, 6.45) is 4.94. The first-order valence-corrected chi connectivity index (χ1v) is 21.3. The van der Waals surface area contributed by atoms with Crippen molar-refractivity contribution in [2.75, 3.05) is 33.1 Å². The number of sulfonamides is 1. The van der Waals surface area contributed by atoms with Crippen molar-refractivity contribution in [3.05, 3.63) is 125 Å². The van der Waals surface area contributed by atoms with E-state index in [2.05, 4.69) is 16.3 Å². The molecule has 0 N–H and O–H groups in total. The van der Waals surface area contributed by atoms with Crippen LogP contribution in [0.25, 0.3) is 17.5 Å². The minimum Gasteiger partial charge on any atom is -0.497 e. The number of thioether (sulfide) groups is 1. The lowest BCUT2D eigenvalue weighted by molar-refractivity contribution is -0.130. The average molecular weight is 791 g/mol. The van der Waals surface area contributed by atoms with Gasteiger partial charge in [-0.2, -0.15) is 9.41 Å². The zero-order valence-corrected chi connectivity index (χ0v) is 33.7. The van der Waals surface area contributed by atoms with E-state index < -0.39 is 10.0 Å². The summed E-state index contributed by atoms with van der Waals surface area (Å²) in [7, 11) is -0.403. The van der Waals surface area contributed by atoms with Gasteiger partial charge in [0.05, 0.1) is 43.2 Å². The van der Waals surface area contributed by atoms with Crippen LogP contribution in [0.2, 0.25) is 0 Å². The van der Waals surface area contributed by atoms with Gasteiger partial charge < -0.3 is 9.47 Å². The number of nitrogens with zero attached hydrogens (tertiary/aromatic N) is 6. The molecule has 13 heteroatoms. The first-order chi connectivity index (χ1) is 27.2. The molecule has 1 aliphatic carbocycles. The van der Waals surface area contributed by atoms with E-state index >= 15 is 0 Å². The Morgan fingerprint density at radius 3 is 2.27 bits per heavy atom. The molecule has 56 heavy (non-hydrogen) atoms. The molecule has 7 rings (SSSR count). The summed E-state index contributed by atoms with van der Waals surface area (Å²) in [5.74, 6) is 2.00. The highest BCUT2D eigenvalue weighted by atomic mass is 32.2. The first-order valence-electron chi connectivity index (χ1n) is 18.8. The molecule has 0 saturated heterocycles. The van der Waals surface area contributed by atoms with Crippen LogP contribution >= 0.6 is 11.8 Å². The summed E-state index contributed by atoms with van der Waals surface area (Å²) in [5.41, 5.74) is 5.75. The number of amides is 1. The molecule has 0 bridgehead atoms. The van der Waals surface area contributed by atoms with E-state index in [1.165, 1.54) is 16.1 Å². The van der Waals surface area contributed by atoms with Crippen molar-refractivity contribution in [2.24, 2.45) is 11.0 Å². The van der Waals surface area contributed by atoms with Gasteiger partial charge in [-0.3, -0.25) is 9.36 Å². The number of ether oxygens (including phenoxy) is 2. The third-order valence-corrected chi connectivity index (χ3v) is 13.3. The minimum atomic E-state index is -3.70. The van der Waals surface area contributed by atoms with Crippen LogP contribution in [0.5, 0.6) is 11.5 Å². The zero-order valence-electron chi connectivity index (χ0n) is 32.0. The molecule has 0 spiro atoms. The van der Waals surface area contributed by atoms with Gasteiger partial charge >= 0.3 is 0 Å². The highest BCUT2D eigenvalue weighted by Gasteiger charge is 2.43. The van der Waals surface area contributed by atoms with E-state index in [9.17, 15) is 13.2 Å². The maximum atomic E-state index is 14.4. The van der Waals surface area contributed by atoms with Crippen LogP contribution in [0.3, 0.4) is 0 Å². The smallest absolute Gasteiger partial charge is 0.253 e. The summed E-state index contributed by atoms with van der Waals surface area (Å²) in [4.78, 5) is 14.6. The van der Waals surface area contributed by atoms with E-state index in [1.54, 1.807) is 37.4 Å². The van der Waals surface area contributed by atoms with Gasteiger partial charge in [0.25, 0.3) is 5.91 Å². The van der Waals surface area contributed by atoms with E-state index in [-0.39, 0.29) is 28.5 Å². The Labute approximate surface area is 333 Å². The predicted molar refractivity (Wildman–Crippen MR) is 220 cm³/mol. The lowest BCUT2D eigenvalue weighted by atomic mass is 9.77. The summed E-state index contributed by atoms with van der Waals surface area (Å²) in [6.45, 7) is 4.81. The standard InChI is InChI=1S/C43H46N6O5S2/c1-5-47(6-2)56(51,52)37-16-10-15-34(27-37)42-44-45-43(48(42)28-31-12-8-7-9-13-31)55-29-39(50)49-41(32-20-24-36(54-4)25-21-32)38-17-11-14-33(40(38)46-49)26-30-18-22-35(53-3)23-19-30/h7-10,12-13,15-16,18-27,38,41H,5-6,11,14,17,28-29H2,1-4H3/b33-26-. The molecule has 0 radical (unpaired) electrons. The Balaban J connectivity index is 1.21. The molecular weight excluding hydrogens is 745 g/mol. The Morgan fingerprint density at radius 1 is 0.893 bits per heavy atom. The second-order valence-corrected chi connectivity index (χ2v) is 16.5. The van der Waals surface area contributed by atoms with E-state index in [0.29, 0.717) is 36.2 Å². The molecule has 2 atom stereocenters. The van der Waals surface area contributed by atoms with Gasteiger partial charge in [-0.25, -0.2) is 13.4 Å². The van der Waals surface area contributed by atoms with Gasteiger partial charge in [0, 0.05) is 24.6 Å². The van der Waals surface area contributed by atoms with Gasteiger partial charge in [0.15, 0.2) is 11.0 Å². The number of fused-ring (bicyclic) bond motifs is 1. The van der Waals surface area contributed by atoms with Crippen molar-refractivity contribution in [3.63, 3.8) is 0 Å². The van der Waals surface area contributed by atoms with Crippen LogP contribution in [0, 0.1) is 5.92 Å². The number of benzene rings is 4. The average Bonchev–Trinajstić information content (AvgIpc) is 3.83. The third-order valence-electron chi connectivity index (χ3n) is 10.3. The number of hydrazone groups is 1. The molecule has 2 heterocycles. The Morgan fingerprint density at radius 2 is 1.59 bits per heavy atom. The molecule has 1 amide bonds. The van der Waals surface area contributed by atoms with Crippen LogP contribution in [0.4, 0.5) is 0 Å². The van der Waals surface area contributed by atoms with Crippen LogP contribution in [-0.2, 0) is 21.4 Å². The van der Waals surface area contributed by atoms with Crippen molar-refractivity contribution in [1.29, 1.82) is 0 Å². The van der Waals surface area contributed by atoms with Crippen LogP contribution in [0.15, 0.2) is 124 Å². The quantitative estimate of drug-likeness (QED) is 0.104. The molecule has 1 saturated carbocycles. The second kappa shape index (κ2) is 17.3. The SMILES string of the molecule is CCN(CC)S(=O)(=O)c1cccc(-c2nnc(SCC(=O)N3N=C4/C(=C\c5ccc(OC)cc5)CCCC4C3c3ccc(OC)cc3)n2Cc2ccccc2)c1. The third kappa shape index (κ3) is 8.16. The Bertz CT molecular complexity index is 2320. The monoisotopic (exact) mass is 790 g/mol. The normalized spacial score (nSPS) is 17.6. The van der Waals surface area contributed by atoms with Crippen molar-refractivity contribution in [2.45, 2.75) is 55.7 Å². The second-order valence-electron chi connectivity index (χ2n) is 13.7. The van der Waals surface area contributed by atoms with Crippen molar-refractivity contribution >= 4 is 39.5 Å². The molecule has 1 aliphatic heterocycles. The Hall–Kier alpha value is -5.24. The zero-order chi connectivity index (χ0) is 39.2. The molecule has 1 aromatic heterocycles. The fourth-order valence-electron chi connectivity index (χ4n) is 7.46. The summed E-state index contributed by atoms with van der Waals surface area (Å²) in [5, 5.41) is 16.4. The number of aromatic nitrogens is 3. The number of carbonyl (C=O) groups excluding carboxylic acids is 1. The number of methoxy groups -OCH3 is 2. The number of hydrogen-bond acceptors (Lipinski definition) is 9. The molecular formula is C43H46N6O5S2. The van der Waals surface area contributed by atoms with E-state index in [4.69, 9.17) is 14.6 Å². The maximum absolute atomic E-state index is 14.4. The lowest BCUT2D eigenvalue weighted by Crippen LogP contribution is -2.33. The number of carbonyl (C=O) groups is 1. The molecule has 290 valence electrons. The fraction of sp³-hybridized carbons (Fsp3) is 0.302. The van der Waals surface area contributed by atoms with Crippen LogP contribution in [-0.4, -0.2) is 77.2 Å². The topological polar surface area (TPSA) is 119 Å². The molecule has 2 unspecified atom stereocenters. The van der Waals surface area contributed by atoms with E-state index in [1.807, 2.05) is 103 Å².